The van der Waals surface area contributed by atoms with Crippen LogP contribution in [-0.2, 0) is 9.47 Å². The molecule has 0 radical (unpaired) electrons. The number of hydrogen-bond acceptors (Lipinski definition) is 2. The predicted octanol–water partition coefficient (Wildman–Crippen LogP) is 4.43. The SMILES string of the molecule is CC1CCCCCCOCCCCC(C)COC1. The van der Waals surface area contributed by atoms with Crippen LogP contribution in [0.2, 0.25) is 0 Å². The van der Waals surface area contributed by atoms with Crippen LogP contribution in [0.3, 0.4) is 0 Å². The van der Waals surface area contributed by atoms with Crippen LogP contribution in [0.15, 0.2) is 0 Å². The highest BCUT2D eigenvalue weighted by Crippen LogP contribution is 2.14. The third kappa shape index (κ3) is 8.93. The van der Waals surface area contributed by atoms with Gasteiger partial charge in [-0.05, 0) is 37.5 Å². The van der Waals surface area contributed by atoms with Crippen molar-refractivity contribution in [2.24, 2.45) is 11.8 Å². The fourth-order valence-corrected chi connectivity index (χ4v) is 2.49. The second-order valence-electron chi connectivity index (χ2n) is 6.06. The molecule has 2 unspecified atom stereocenters. The van der Waals surface area contributed by atoms with Crippen molar-refractivity contribution in [3.63, 3.8) is 0 Å². The fraction of sp³-hybridized carbons (Fsp3) is 1.00. The Balaban J connectivity index is 2.18. The maximum Gasteiger partial charge on any atom is 0.0491 e. The van der Waals surface area contributed by atoms with Gasteiger partial charge in [0, 0.05) is 26.4 Å². The van der Waals surface area contributed by atoms with Crippen LogP contribution in [0.1, 0.15) is 65.2 Å². The summed E-state index contributed by atoms with van der Waals surface area (Å²) in [5, 5.41) is 0. The van der Waals surface area contributed by atoms with Gasteiger partial charge in [-0.15, -0.1) is 0 Å². The van der Waals surface area contributed by atoms with Crippen LogP contribution < -0.4 is 0 Å². The van der Waals surface area contributed by atoms with E-state index in [2.05, 4.69) is 13.8 Å². The molecule has 0 bridgehead atoms. The lowest BCUT2D eigenvalue weighted by Crippen LogP contribution is -2.12. The van der Waals surface area contributed by atoms with Crippen molar-refractivity contribution in [2.75, 3.05) is 26.4 Å². The van der Waals surface area contributed by atoms with E-state index < -0.39 is 0 Å². The number of rotatable bonds is 0. The van der Waals surface area contributed by atoms with Gasteiger partial charge >= 0.3 is 0 Å². The standard InChI is InChI=1S/C16H32O2/c1-15-9-5-3-4-7-11-17-12-8-6-10-16(2)14-18-13-15/h15-16H,3-14H2,1-2H3. The molecule has 2 nitrogen and oxygen atoms in total. The zero-order chi connectivity index (χ0) is 13.1. The van der Waals surface area contributed by atoms with E-state index in [1.165, 1.54) is 51.4 Å². The molecular weight excluding hydrogens is 224 g/mol. The minimum atomic E-state index is 0.699. The lowest BCUT2D eigenvalue weighted by Gasteiger charge is -2.16. The second-order valence-corrected chi connectivity index (χ2v) is 6.06. The molecule has 1 aliphatic heterocycles. The normalized spacial score (nSPS) is 31.0. The maximum absolute atomic E-state index is 5.83. The molecule has 108 valence electrons. The van der Waals surface area contributed by atoms with Gasteiger partial charge in [-0.3, -0.25) is 0 Å². The van der Waals surface area contributed by atoms with Gasteiger partial charge < -0.3 is 9.47 Å². The third-order valence-electron chi connectivity index (χ3n) is 3.78. The summed E-state index contributed by atoms with van der Waals surface area (Å²) in [6, 6.07) is 0. The summed E-state index contributed by atoms with van der Waals surface area (Å²) >= 11 is 0. The third-order valence-corrected chi connectivity index (χ3v) is 3.78. The van der Waals surface area contributed by atoms with Gasteiger partial charge in [0.15, 0.2) is 0 Å². The Hall–Kier alpha value is -0.0800. The lowest BCUT2D eigenvalue weighted by molar-refractivity contribution is 0.0714. The van der Waals surface area contributed by atoms with Crippen LogP contribution in [0.25, 0.3) is 0 Å². The molecule has 0 amide bonds. The summed E-state index contributed by atoms with van der Waals surface area (Å²) in [6.45, 7) is 8.42. The van der Waals surface area contributed by atoms with Gasteiger partial charge in [0.1, 0.15) is 0 Å². The Morgan fingerprint density at radius 2 is 1.11 bits per heavy atom. The van der Waals surface area contributed by atoms with Crippen LogP contribution >= 0.6 is 0 Å². The van der Waals surface area contributed by atoms with E-state index in [1.807, 2.05) is 0 Å². The predicted molar refractivity (Wildman–Crippen MR) is 76.9 cm³/mol. The van der Waals surface area contributed by atoms with E-state index >= 15 is 0 Å². The molecule has 0 aromatic rings. The van der Waals surface area contributed by atoms with E-state index in [4.69, 9.17) is 9.47 Å². The van der Waals surface area contributed by atoms with Crippen molar-refractivity contribution in [2.45, 2.75) is 65.2 Å². The Bertz CT molecular complexity index is 164. The average molecular weight is 256 g/mol. The summed E-state index contributed by atoms with van der Waals surface area (Å²) in [7, 11) is 0. The zero-order valence-electron chi connectivity index (χ0n) is 12.5. The molecule has 0 aliphatic carbocycles. The molecular formula is C16H32O2. The first-order valence-corrected chi connectivity index (χ1v) is 7.94. The van der Waals surface area contributed by atoms with Crippen LogP contribution in [0.5, 0.6) is 0 Å². The summed E-state index contributed by atoms with van der Waals surface area (Å²) < 4.78 is 11.5. The van der Waals surface area contributed by atoms with Crippen molar-refractivity contribution in [3.05, 3.63) is 0 Å². The molecule has 2 heteroatoms. The van der Waals surface area contributed by atoms with E-state index in [0.29, 0.717) is 5.92 Å². The Kier molecular flexibility index (Phi) is 9.59. The van der Waals surface area contributed by atoms with Gasteiger partial charge in [0.2, 0.25) is 0 Å². The average Bonchev–Trinajstić information content (AvgIpc) is 2.34. The minimum absolute atomic E-state index is 0.699. The van der Waals surface area contributed by atoms with Gasteiger partial charge in [0.25, 0.3) is 0 Å². The first kappa shape index (κ1) is 16.0. The molecule has 1 rings (SSSR count). The monoisotopic (exact) mass is 256 g/mol. The molecule has 0 aromatic carbocycles. The fourth-order valence-electron chi connectivity index (χ4n) is 2.49. The van der Waals surface area contributed by atoms with Gasteiger partial charge in [0.05, 0.1) is 0 Å². The van der Waals surface area contributed by atoms with Crippen molar-refractivity contribution >= 4 is 0 Å². The highest BCUT2D eigenvalue weighted by Gasteiger charge is 2.06. The van der Waals surface area contributed by atoms with Crippen LogP contribution in [-0.4, -0.2) is 26.4 Å². The van der Waals surface area contributed by atoms with E-state index in [9.17, 15) is 0 Å². The maximum atomic E-state index is 5.83. The quantitative estimate of drug-likeness (QED) is 0.638. The molecule has 1 aliphatic rings. The zero-order valence-corrected chi connectivity index (χ0v) is 12.5. The summed E-state index contributed by atoms with van der Waals surface area (Å²) in [4.78, 5) is 0. The molecule has 1 fully saturated rings. The minimum Gasteiger partial charge on any atom is -0.381 e. The van der Waals surface area contributed by atoms with Crippen molar-refractivity contribution < 1.29 is 9.47 Å². The van der Waals surface area contributed by atoms with E-state index in [1.54, 1.807) is 0 Å². The topological polar surface area (TPSA) is 18.5 Å². The Morgan fingerprint density at radius 3 is 1.78 bits per heavy atom. The van der Waals surface area contributed by atoms with Crippen molar-refractivity contribution in [1.82, 2.24) is 0 Å². The largest absolute Gasteiger partial charge is 0.381 e. The summed E-state index contributed by atoms with van der Waals surface area (Å²) in [5.41, 5.74) is 0. The molecule has 2 atom stereocenters. The number of hydrogen-bond donors (Lipinski definition) is 0. The van der Waals surface area contributed by atoms with Gasteiger partial charge in [-0.1, -0.05) is 39.5 Å². The molecule has 18 heavy (non-hydrogen) atoms. The molecule has 0 N–H and O–H groups in total. The summed E-state index contributed by atoms with van der Waals surface area (Å²) in [5.74, 6) is 1.42. The Labute approximate surface area is 113 Å². The molecule has 0 saturated carbocycles. The Morgan fingerprint density at radius 1 is 0.611 bits per heavy atom. The molecule has 0 aromatic heterocycles. The number of ether oxygens (including phenoxy) is 2. The molecule has 1 heterocycles. The molecule has 1 saturated heterocycles. The van der Waals surface area contributed by atoms with Crippen LogP contribution in [0, 0.1) is 11.8 Å². The van der Waals surface area contributed by atoms with Crippen LogP contribution in [0.4, 0.5) is 0 Å². The summed E-state index contributed by atoms with van der Waals surface area (Å²) in [6.07, 6.45) is 10.3. The second kappa shape index (κ2) is 10.8. The first-order chi connectivity index (χ1) is 8.79. The van der Waals surface area contributed by atoms with Crippen molar-refractivity contribution in [1.29, 1.82) is 0 Å². The highest BCUT2D eigenvalue weighted by atomic mass is 16.5. The van der Waals surface area contributed by atoms with Gasteiger partial charge in [-0.25, -0.2) is 0 Å². The molecule has 0 spiro atoms. The van der Waals surface area contributed by atoms with E-state index in [0.717, 1.165) is 32.3 Å². The smallest absolute Gasteiger partial charge is 0.0491 e. The highest BCUT2D eigenvalue weighted by molar-refractivity contribution is 4.56. The lowest BCUT2D eigenvalue weighted by atomic mass is 10.0. The first-order valence-electron chi connectivity index (χ1n) is 7.94. The van der Waals surface area contributed by atoms with E-state index in [-0.39, 0.29) is 0 Å². The van der Waals surface area contributed by atoms with Gasteiger partial charge in [-0.2, -0.15) is 0 Å². The van der Waals surface area contributed by atoms with Crippen molar-refractivity contribution in [3.8, 4) is 0 Å².